The lowest BCUT2D eigenvalue weighted by molar-refractivity contribution is -0.129. The highest BCUT2D eigenvalue weighted by Crippen LogP contribution is 2.27. The van der Waals surface area contributed by atoms with Gasteiger partial charge in [0.05, 0.1) is 0 Å². The number of hydrogen-bond acceptors (Lipinski definition) is 4. The van der Waals surface area contributed by atoms with Gasteiger partial charge in [0.15, 0.2) is 0 Å². The molecule has 2 rings (SSSR count). The molecular weight excluding hydrogens is 308 g/mol. The molecule has 0 saturated heterocycles. The predicted octanol–water partition coefficient (Wildman–Crippen LogP) is 2.27. The van der Waals surface area contributed by atoms with E-state index in [0.29, 0.717) is 5.69 Å². The number of amides is 2. The second-order valence-electron chi connectivity index (χ2n) is 5.92. The summed E-state index contributed by atoms with van der Waals surface area (Å²) in [5.41, 5.74) is 0.583. The number of phenols is 1. The minimum atomic E-state index is -0.680. The third-order valence-electron chi connectivity index (χ3n) is 3.66. The van der Waals surface area contributed by atoms with Crippen LogP contribution in [0.4, 0.5) is 5.69 Å². The Kier molecular flexibility index (Phi) is 5.76. The molecule has 0 aliphatic rings. The third-order valence-corrected chi connectivity index (χ3v) is 3.66. The first-order valence-electron chi connectivity index (χ1n) is 7.73. The second kappa shape index (κ2) is 7.79. The molecule has 24 heavy (non-hydrogen) atoms. The van der Waals surface area contributed by atoms with E-state index in [-0.39, 0.29) is 30.1 Å². The van der Waals surface area contributed by atoms with Crippen molar-refractivity contribution in [3.05, 3.63) is 36.4 Å². The average Bonchev–Trinajstić information content (AvgIpc) is 2.53. The van der Waals surface area contributed by atoms with Crippen LogP contribution in [0.3, 0.4) is 0 Å². The monoisotopic (exact) mass is 330 g/mol. The molecule has 0 radical (unpaired) electrons. The van der Waals surface area contributed by atoms with Gasteiger partial charge in [-0.1, -0.05) is 32.0 Å². The average molecular weight is 330 g/mol. The lowest BCUT2D eigenvalue weighted by Gasteiger charge is -2.22. The first-order chi connectivity index (χ1) is 11.4. The van der Waals surface area contributed by atoms with Gasteiger partial charge in [0.25, 0.3) is 0 Å². The van der Waals surface area contributed by atoms with E-state index in [9.17, 15) is 14.7 Å². The molecule has 0 bridgehead atoms. The number of aromatic hydroxyl groups is 1. The topological polar surface area (TPSA) is 87.7 Å². The molecule has 2 aromatic rings. The lowest BCUT2D eigenvalue weighted by atomic mass is 10.0. The van der Waals surface area contributed by atoms with Gasteiger partial charge in [-0.3, -0.25) is 9.59 Å². The number of hydrogen-bond donors (Lipinski definition) is 3. The van der Waals surface area contributed by atoms with Crippen molar-refractivity contribution in [3.63, 3.8) is 0 Å². The minimum absolute atomic E-state index is 0.0887. The molecular formula is C18H22N2O4. The van der Waals surface area contributed by atoms with E-state index < -0.39 is 6.04 Å². The fourth-order valence-corrected chi connectivity index (χ4v) is 2.46. The van der Waals surface area contributed by atoms with Gasteiger partial charge >= 0.3 is 0 Å². The highest BCUT2D eigenvalue weighted by atomic mass is 16.5. The van der Waals surface area contributed by atoms with Crippen LogP contribution in [0.25, 0.3) is 10.8 Å². The zero-order valence-electron chi connectivity index (χ0n) is 14.0. The zero-order chi connectivity index (χ0) is 17.7. The number of phenolic OH excluding ortho intramolecular Hbond substituents is 1. The first-order valence-corrected chi connectivity index (χ1v) is 7.73. The van der Waals surface area contributed by atoms with Gasteiger partial charge in [0, 0.05) is 18.2 Å². The van der Waals surface area contributed by atoms with Crippen molar-refractivity contribution in [1.82, 2.24) is 5.32 Å². The molecule has 3 N–H and O–H groups in total. The van der Waals surface area contributed by atoms with Gasteiger partial charge < -0.3 is 20.5 Å². The minimum Gasteiger partial charge on any atom is -0.508 e. The molecule has 0 unspecified atom stereocenters. The van der Waals surface area contributed by atoms with E-state index >= 15 is 0 Å². The smallest absolute Gasteiger partial charge is 0.247 e. The van der Waals surface area contributed by atoms with E-state index in [1.165, 1.54) is 7.11 Å². The van der Waals surface area contributed by atoms with Crippen LogP contribution in [0.15, 0.2) is 36.4 Å². The maximum Gasteiger partial charge on any atom is 0.247 e. The second-order valence-corrected chi connectivity index (χ2v) is 5.92. The van der Waals surface area contributed by atoms with Crippen LogP contribution in [-0.2, 0) is 14.3 Å². The Morgan fingerprint density at radius 2 is 1.96 bits per heavy atom. The quantitative estimate of drug-likeness (QED) is 0.758. The van der Waals surface area contributed by atoms with Crippen molar-refractivity contribution in [2.24, 2.45) is 5.92 Å². The summed E-state index contributed by atoms with van der Waals surface area (Å²) < 4.78 is 4.78. The molecule has 6 nitrogen and oxygen atoms in total. The maximum atomic E-state index is 12.6. The number of rotatable bonds is 6. The normalized spacial score (nSPS) is 12.2. The van der Waals surface area contributed by atoms with Crippen molar-refractivity contribution >= 4 is 28.3 Å². The number of methoxy groups -OCH3 is 1. The number of fused-ring (bicyclic) bond motifs is 1. The molecule has 0 aliphatic carbocycles. The molecule has 0 aromatic heterocycles. The van der Waals surface area contributed by atoms with Gasteiger partial charge in [-0.15, -0.1) is 0 Å². The Morgan fingerprint density at radius 3 is 2.62 bits per heavy atom. The first kappa shape index (κ1) is 17.7. The van der Waals surface area contributed by atoms with Crippen LogP contribution in [0, 0.1) is 5.92 Å². The largest absolute Gasteiger partial charge is 0.508 e. The highest BCUT2D eigenvalue weighted by molar-refractivity contribution is 6.05. The van der Waals surface area contributed by atoms with Gasteiger partial charge in [0.1, 0.15) is 18.4 Å². The Morgan fingerprint density at radius 1 is 1.21 bits per heavy atom. The van der Waals surface area contributed by atoms with Crippen molar-refractivity contribution in [2.45, 2.75) is 19.9 Å². The third kappa shape index (κ3) is 4.23. The van der Waals surface area contributed by atoms with E-state index in [0.717, 1.165) is 10.8 Å². The Balaban J connectivity index is 2.23. The Labute approximate surface area is 140 Å². The summed E-state index contributed by atoms with van der Waals surface area (Å²) in [6, 6.07) is 9.76. The Hall–Kier alpha value is -2.60. The summed E-state index contributed by atoms with van der Waals surface area (Å²) in [6.07, 6.45) is 0. The van der Waals surface area contributed by atoms with E-state index in [1.807, 2.05) is 26.0 Å². The number of benzene rings is 2. The lowest BCUT2D eigenvalue weighted by Crippen LogP contribution is -2.48. The van der Waals surface area contributed by atoms with Crippen LogP contribution in [0.1, 0.15) is 13.8 Å². The van der Waals surface area contributed by atoms with E-state index in [4.69, 9.17) is 4.74 Å². The molecule has 128 valence electrons. The summed E-state index contributed by atoms with van der Waals surface area (Å²) >= 11 is 0. The summed E-state index contributed by atoms with van der Waals surface area (Å²) in [4.78, 5) is 24.3. The molecule has 2 amide bonds. The summed E-state index contributed by atoms with van der Waals surface area (Å²) in [5.74, 6) is -0.626. The van der Waals surface area contributed by atoms with Crippen LogP contribution < -0.4 is 10.6 Å². The maximum absolute atomic E-state index is 12.6. The van der Waals surface area contributed by atoms with Crippen molar-refractivity contribution in [2.75, 3.05) is 19.0 Å². The summed E-state index contributed by atoms with van der Waals surface area (Å²) in [7, 11) is 1.42. The van der Waals surface area contributed by atoms with Crippen molar-refractivity contribution < 1.29 is 19.4 Å². The SMILES string of the molecule is COCC(=O)N[C@H](C(=O)Nc1cccc2ccc(O)cc12)C(C)C. The number of nitrogens with one attached hydrogen (secondary N) is 2. The van der Waals surface area contributed by atoms with Gasteiger partial charge in [-0.25, -0.2) is 0 Å². The van der Waals surface area contributed by atoms with Gasteiger partial charge in [-0.2, -0.15) is 0 Å². The molecule has 0 aliphatic heterocycles. The number of anilines is 1. The van der Waals surface area contributed by atoms with Crippen molar-refractivity contribution in [3.8, 4) is 5.75 Å². The number of carbonyl (C=O) groups excluding carboxylic acids is 2. The molecule has 2 aromatic carbocycles. The highest BCUT2D eigenvalue weighted by Gasteiger charge is 2.24. The molecule has 0 fully saturated rings. The Bertz CT molecular complexity index is 743. The molecule has 0 heterocycles. The van der Waals surface area contributed by atoms with Crippen LogP contribution >= 0.6 is 0 Å². The van der Waals surface area contributed by atoms with Gasteiger partial charge in [-0.05, 0) is 29.5 Å². The van der Waals surface area contributed by atoms with Crippen molar-refractivity contribution in [1.29, 1.82) is 0 Å². The number of carbonyl (C=O) groups is 2. The molecule has 1 atom stereocenters. The van der Waals surface area contributed by atoms with Crippen LogP contribution in [0.5, 0.6) is 5.75 Å². The van der Waals surface area contributed by atoms with E-state index in [1.54, 1.807) is 24.3 Å². The molecule has 6 heteroatoms. The standard InChI is InChI=1S/C18H22N2O4/c1-11(2)17(20-16(22)10-24-3)18(23)19-15-6-4-5-12-7-8-13(21)9-14(12)15/h4-9,11,17,21H,10H2,1-3H3,(H,19,23)(H,20,22)/t17-/m0/s1. The fourth-order valence-electron chi connectivity index (χ4n) is 2.46. The van der Waals surface area contributed by atoms with Gasteiger partial charge in [0.2, 0.25) is 11.8 Å². The molecule has 0 spiro atoms. The fraction of sp³-hybridized carbons (Fsp3) is 0.333. The summed E-state index contributed by atoms with van der Waals surface area (Å²) in [6.45, 7) is 3.61. The summed E-state index contributed by atoms with van der Waals surface area (Å²) in [5, 5.41) is 16.8. The van der Waals surface area contributed by atoms with E-state index in [2.05, 4.69) is 10.6 Å². The molecule has 0 saturated carbocycles. The van der Waals surface area contributed by atoms with Crippen LogP contribution in [-0.4, -0.2) is 36.7 Å². The van der Waals surface area contributed by atoms with Crippen LogP contribution in [0.2, 0.25) is 0 Å². The number of ether oxygens (including phenoxy) is 1. The zero-order valence-corrected chi connectivity index (χ0v) is 14.0. The predicted molar refractivity (Wildman–Crippen MR) is 92.9 cm³/mol.